The molecule has 0 bridgehead atoms. The van der Waals surface area contributed by atoms with Gasteiger partial charge in [0.25, 0.3) is 5.91 Å². The summed E-state index contributed by atoms with van der Waals surface area (Å²) in [5.74, 6) is 6.93. The van der Waals surface area contributed by atoms with Gasteiger partial charge in [0.2, 0.25) is 0 Å². The van der Waals surface area contributed by atoms with Crippen molar-refractivity contribution in [2.45, 2.75) is 13.8 Å². The Labute approximate surface area is 216 Å². The topological polar surface area (TPSA) is 116 Å². The molecule has 0 aliphatic heterocycles. The number of imidazole rings is 1. The van der Waals surface area contributed by atoms with Gasteiger partial charge in [0.1, 0.15) is 12.4 Å². The fraction of sp³-hybridized carbons (Fsp3) is 0.250. The molecule has 4 rings (SSSR count). The van der Waals surface area contributed by atoms with Gasteiger partial charge in [0.05, 0.1) is 25.1 Å². The van der Waals surface area contributed by atoms with E-state index in [0.717, 1.165) is 28.3 Å². The number of carbonyl (C=O) groups excluding carboxylic acids is 1. The summed E-state index contributed by atoms with van der Waals surface area (Å²) in [4.78, 5) is 21.6. The van der Waals surface area contributed by atoms with Crippen molar-refractivity contribution >= 4 is 23.1 Å². The number of carbonyl (C=O) groups is 1. The summed E-state index contributed by atoms with van der Waals surface area (Å²) in [5.41, 5.74) is 10.3. The van der Waals surface area contributed by atoms with E-state index in [1.807, 2.05) is 60.1 Å². The Balaban J connectivity index is 1.47. The zero-order valence-electron chi connectivity index (χ0n) is 21.0. The maximum Gasteiger partial charge on any atom is 0.251 e. The molecule has 1 amide bonds. The molecule has 0 aliphatic rings. The van der Waals surface area contributed by atoms with Crippen LogP contribution in [-0.4, -0.2) is 53.2 Å². The standard InChI is InChI=1S/C28H30N6O3/c1-3-4-15-37-23-8-5-21(6-9-23)25-19-32-27-26(30-12-14-34(25)27)33-22-7-10-24(20(2)18-22)28(35)31-13-17-36-16-11-29/h5-10,12,14,18-19H,11,13,15-17,29H2,1-2H3,(H,30,33)(H,31,35). The van der Waals surface area contributed by atoms with E-state index in [1.165, 1.54) is 0 Å². The van der Waals surface area contributed by atoms with Crippen molar-refractivity contribution in [1.29, 1.82) is 0 Å². The molecule has 2 aromatic heterocycles. The van der Waals surface area contributed by atoms with Crippen LogP contribution in [-0.2, 0) is 4.74 Å². The molecular formula is C28H30N6O3. The fourth-order valence-corrected chi connectivity index (χ4v) is 3.78. The molecule has 0 spiro atoms. The highest BCUT2D eigenvalue weighted by molar-refractivity contribution is 5.96. The molecule has 2 aromatic carbocycles. The SMILES string of the molecule is CC#CCOc1ccc(-c2cnc3c(Nc4ccc(C(=O)NCCOCCN)c(C)c4)nccn23)cc1. The number of fused-ring (bicyclic) bond motifs is 1. The number of hydrogen-bond acceptors (Lipinski definition) is 7. The maximum atomic E-state index is 12.5. The molecule has 0 atom stereocenters. The minimum Gasteiger partial charge on any atom is -0.481 e. The zero-order chi connectivity index (χ0) is 26.0. The highest BCUT2D eigenvalue weighted by Gasteiger charge is 2.13. The third-order valence-electron chi connectivity index (χ3n) is 5.59. The van der Waals surface area contributed by atoms with Gasteiger partial charge in [-0.1, -0.05) is 5.92 Å². The summed E-state index contributed by atoms with van der Waals surface area (Å²) in [6, 6.07) is 13.4. The largest absolute Gasteiger partial charge is 0.481 e. The summed E-state index contributed by atoms with van der Waals surface area (Å²) >= 11 is 0. The van der Waals surface area contributed by atoms with E-state index >= 15 is 0 Å². The van der Waals surface area contributed by atoms with Gasteiger partial charge in [-0.2, -0.15) is 0 Å². The number of aromatic nitrogens is 3. The molecular weight excluding hydrogens is 468 g/mol. The first kappa shape index (κ1) is 25.7. The van der Waals surface area contributed by atoms with E-state index in [9.17, 15) is 4.79 Å². The van der Waals surface area contributed by atoms with Crippen LogP contribution in [0.3, 0.4) is 0 Å². The molecule has 0 aliphatic carbocycles. The van der Waals surface area contributed by atoms with Crippen molar-refractivity contribution in [2.24, 2.45) is 5.73 Å². The minimum absolute atomic E-state index is 0.145. The monoisotopic (exact) mass is 498 g/mol. The van der Waals surface area contributed by atoms with Gasteiger partial charge >= 0.3 is 0 Å². The van der Waals surface area contributed by atoms with Gasteiger partial charge in [-0.15, -0.1) is 5.92 Å². The van der Waals surface area contributed by atoms with Gasteiger partial charge in [0.15, 0.2) is 11.5 Å². The molecule has 0 saturated carbocycles. The Morgan fingerprint density at radius 3 is 2.73 bits per heavy atom. The molecule has 0 unspecified atom stereocenters. The first-order valence-corrected chi connectivity index (χ1v) is 12.0. The van der Waals surface area contributed by atoms with Crippen molar-refractivity contribution in [3.05, 3.63) is 72.2 Å². The number of amides is 1. The Morgan fingerprint density at radius 1 is 1.14 bits per heavy atom. The van der Waals surface area contributed by atoms with Gasteiger partial charge in [-0.05, 0) is 61.9 Å². The molecule has 2 heterocycles. The van der Waals surface area contributed by atoms with E-state index in [-0.39, 0.29) is 5.91 Å². The number of ether oxygens (including phenoxy) is 2. The molecule has 190 valence electrons. The number of nitrogens with zero attached hydrogens (tertiary/aromatic N) is 3. The van der Waals surface area contributed by atoms with E-state index in [1.54, 1.807) is 19.2 Å². The lowest BCUT2D eigenvalue weighted by molar-refractivity contribution is 0.0919. The fourth-order valence-electron chi connectivity index (χ4n) is 3.78. The second kappa shape index (κ2) is 12.5. The molecule has 0 saturated heterocycles. The molecule has 4 aromatic rings. The van der Waals surface area contributed by atoms with Crippen LogP contribution in [0.5, 0.6) is 5.75 Å². The van der Waals surface area contributed by atoms with E-state index in [4.69, 9.17) is 15.2 Å². The average molecular weight is 499 g/mol. The van der Waals surface area contributed by atoms with Crippen molar-refractivity contribution in [1.82, 2.24) is 19.7 Å². The summed E-state index contributed by atoms with van der Waals surface area (Å²) < 4.78 is 12.9. The van der Waals surface area contributed by atoms with Crippen LogP contribution in [0.4, 0.5) is 11.5 Å². The van der Waals surface area contributed by atoms with Crippen LogP contribution in [0.2, 0.25) is 0 Å². The Hall–Kier alpha value is -4.39. The summed E-state index contributed by atoms with van der Waals surface area (Å²) in [6.45, 7) is 5.84. The molecule has 0 fully saturated rings. The summed E-state index contributed by atoms with van der Waals surface area (Å²) in [5, 5.41) is 6.19. The number of nitrogens with two attached hydrogens (primary N) is 1. The molecule has 4 N–H and O–H groups in total. The summed E-state index contributed by atoms with van der Waals surface area (Å²) in [7, 11) is 0. The normalized spacial score (nSPS) is 10.6. The van der Waals surface area contributed by atoms with Crippen molar-refractivity contribution < 1.29 is 14.3 Å². The van der Waals surface area contributed by atoms with Gasteiger partial charge < -0.3 is 25.8 Å². The van der Waals surface area contributed by atoms with E-state index < -0.39 is 0 Å². The Bertz CT molecular complexity index is 1420. The number of hydrogen-bond donors (Lipinski definition) is 3. The number of benzene rings is 2. The van der Waals surface area contributed by atoms with Gasteiger partial charge in [-0.3, -0.25) is 9.20 Å². The Morgan fingerprint density at radius 2 is 1.97 bits per heavy atom. The van der Waals surface area contributed by atoms with E-state index in [2.05, 4.69) is 32.4 Å². The van der Waals surface area contributed by atoms with Crippen molar-refractivity contribution in [3.63, 3.8) is 0 Å². The van der Waals surface area contributed by atoms with Crippen LogP contribution >= 0.6 is 0 Å². The maximum absolute atomic E-state index is 12.5. The van der Waals surface area contributed by atoms with Gasteiger partial charge in [-0.25, -0.2) is 9.97 Å². The smallest absolute Gasteiger partial charge is 0.251 e. The minimum atomic E-state index is -0.145. The molecule has 9 heteroatoms. The highest BCUT2D eigenvalue weighted by atomic mass is 16.5. The molecule has 0 radical (unpaired) electrons. The second-order valence-electron chi connectivity index (χ2n) is 8.16. The Kier molecular flexibility index (Phi) is 8.70. The molecule has 9 nitrogen and oxygen atoms in total. The lowest BCUT2D eigenvalue weighted by atomic mass is 10.1. The summed E-state index contributed by atoms with van der Waals surface area (Å²) in [6.07, 6.45) is 5.42. The lowest BCUT2D eigenvalue weighted by Crippen LogP contribution is -2.28. The first-order chi connectivity index (χ1) is 18.1. The van der Waals surface area contributed by atoms with Crippen LogP contribution in [0, 0.1) is 18.8 Å². The predicted molar refractivity (Wildman–Crippen MR) is 144 cm³/mol. The van der Waals surface area contributed by atoms with Crippen LogP contribution in [0.15, 0.2) is 61.1 Å². The highest BCUT2D eigenvalue weighted by Crippen LogP contribution is 2.27. The van der Waals surface area contributed by atoms with Crippen LogP contribution < -0.4 is 21.1 Å². The quantitative estimate of drug-likeness (QED) is 0.214. The van der Waals surface area contributed by atoms with Crippen LogP contribution in [0.1, 0.15) is 22.8 Å². The molecule has 37 heavy (non-hydrogen) atoms. The van der Waals surface area contributed by atoms with Gasteiger partial charge in [0, 0.05) is 42.3 Å². The lowest BCUT2D eigenvalue weighted by Gasteiger charge is -2.12. The second-order valence-corrected chi connectivity index (χ2v) is 8.16. The van der Waals surface area contributed by atoms with Crippen LogP contribution in [0.25, 0.3) is 16.9 Å². The average Bonchev–Trinajstić information content (AvgIpc) is 3.34. The third kappa shape index (κ3) is 6.44. The van der Waals surface area contributed by atoms with Crippen molar-refractivity contribution in [3.8, 4) is 28.8 Å². The first-order valence-electron chi connectivity index (χ1n) is 12.0. The van der Waals surface area contributed by atoms with E-state index in [0.29, 0.717) is 49.9 Å². The number of rotatable bonds is 11. The number of aryl methyl sites for hydroxylation is 1. The zero-order valence-corrected chi connectivity index (χ0v) is 21.0. The third-order valence-corrected chi connectivity index (χ3v) is 5.59. The number of nitrogens with one attached hydrogen (secondary N) is 2. The number of anilines is 2. The predicted octanol–water partition coefficient (Wildman–Crippen LogP) is 3.56. The van der Waals surface area contributed by atoms with Crippen molar-refractivity contribution in [2.75, 3.05) is 38.2 Å².